The summed E-state index contributed by atoms with van der Waals surface area (Å²) in [5.41, 5.74) is 0. The van der Waals surface area contributed by atoms with Gasteiger partial charge in [-0.2, -0.15) is 0 Å². The van der Waals surface area contributed by atoms with Crippen LogP contribution < -0.4 is 0 Å². The largest absolute Gasteiger partial charge is 0.462 e. The quantitative estimate of drug-likeness (QED) is 0.0267. The number of carbonyl (C=O) groups is 3. The number of hydrogen-bond donors (Lipinski definition) is 0. The summed E-state index contributed by atoms with van der Waals surface area (Å²) in [4.78, 5) is 37.7. The number of esters is 3. The third kappa shape index (κ3) is 42.4. The van der Waals surface area contributed by atoms with Crippen LogP contribution in [0.15, 0.2) is 48.6 Å². The van der Waals surface area contributed by atoms with Crippen LogP contribution >= 0.6 is 0 Å². The van der Waals surface area contributed by atoms with Crippen molar-refractivity contribution >= 4 is 17.9 Å². The van der Waals surface area contributed by atoms with Crippen LogP contribution in [0.25, 0.3) is 0 Å². The van der Waals surface area contributed by atoms with E-state index in [9.17, 15) is 14.4 Å². The molecule has 0 amide bonds. The van der Waals surface area contributed by atoms with Gasteiger partial charge >= 0.3 is 17.9 Å². The summed E-state index contributed by atoms with van der Waals surface area (Å²) < 4.78 is 16.7. The molecular formula is C49H86O6. The molecule has 0 saturated heterocycles. The molecule has 55 heavy (non-hydrogen) atoms. The number of ether oxygens (including phenoxy) is 3. The molecule has 0 bridgehead atoms. The molecule has 0 fully saturated rings. The molecule has 1 atom stereocenters. The molecule has 318 valence electrons. The zero-order valence-electron chi connectivity index (χ0n) is 36.2. The Morgan fingerprint density at radius 3 is 1.18 bits per heavy atom. The maximum absolute atomic E-state index is 12.7. The van der Waals surface area contributed by atoms with E-state index in [-0.39, 0.29) is 31.1 Å². The second kappa shape index (κ2) is 44.1. The van der Waals surface area contributed by atoms with E-state index >= 15 is 0 Å². The fraction of sp³-hybridized carbons (Fsp3) is 0.776. The molecule has 0 aromatic heterocycles. The molecule has 0 aromatic carbocycles. The van der Waals surface area contributed by atoms with Crippen molar-refractivity contribution in [1.29, 1.82) is 0 Å². The Kier molecular flexibility index (Phi) is 42.0. The minimum absolute atomic E-state index is 0.0794. The minimum atomic E-state index is -0.777. The van der Waals surface area contributed by atoms with Gasteiger partial charge in [-0.15, -0.1) is 0 Å². The van der Waals surface area contributed by atoms with E-state index in [0.717, 1.165) is 96.3 Å². The Labute approximate surface area is 339 Å². The third-order valence-corrected chi connectivity index (χ3v) is 9.82. The first-order valence-corrected chi connectivity index (χ1v) is 23.1. The second-order valence-corrected chi connectivity index (χ2v) is 15.3. The second-order valence-electron chi connectivity index (χ2n) is 15.3. The molecule has 0 aliphatic carbocycles. The molecule has 0 aliphatic heterocycles. The van der Waals surface area contributed by atoms with Crippen LogP contribution in [0, 0.1) is 0 Å². The highest BCUT2D eigenvalue weighted by molar-refractivity contribution is 5.71. The number of allylic oxidation sites excluding steroid dienone is 8. The lowest BCUT2D eigenvalue weighted by molar-refractivity contribution is -0.167. The van der Waals surface area contributed by atoms with E-state index in [1.54, 1.807) is 0 Å². The zero-order valence-corrected chi connectivity index (χ0v) is 36.2. The summed E-state index contributed by atoms with van der Waals surface area (Å²) in [6, 6.07) is 0. The smallest absolute Gasteiger partial charge is 0.306 e. The van der Waals surface area contributed by atoms with Crippen molar-refractivity contribution in [3.63, 3.8) is 0 Å². The Balaban J connectivity index is 4.37. The monoisotopic (exact) mass is 771 g/mol. The molecule has 0 spiro atoms. The van der Waals surface area contributed by atoms with Gasteiger partial charge in [-0.25, -0.2) is 0 Å². The van der Waals surface area contributed by atoms with Gasteiger partial charge in [0, 0.05) is 19.3 Å². The summed E-state index contributed by atoms with van der Waals surface area (Å²) in [5.74, 6) is -0.904. The van der Waals surface area contributed by atoms with Crippen LogP contribution in [-0.2, 0) is 28.6 Å². The minimum Gasteiger partial charge on any atom is -0.462 e. The number of rotatable bonds is 41. The molecule has 6 heteroatoms. The first kappa shape index (κ1) is 52.4. The van der Waals surface area contributed by atoms with E-state index in [1.165, 1.54) is 89.9 Å². The lowest BCUT2D eigenvalue weighted by Crippen LogP contribution is -2.30. The maximum atomic E-state index is 12.7. The van der Waals surface area contributed by atoms with Crippen molar-refractivity contribution in [2.24, 2.45) is 0 Å². The van der Waals surface area contributed by atoms with E-state index in [4.69, 9.17) is 14.2 Å². The van der Waals surface area contributed by atoms with E-state index in [0.29, 0.717) is 19.3 Å². The first-order valence-electron chi connectivity index (χ1n) is 23.1. The van der Waals surface area contributed by atoms with Crippen molar-refractivity contribution in [2.45, 2.75) is 232 Å². The molecule has 0 aromatic rings. The summed E-state index contributed by atoms with van der Waals surface area (Å²) in [7, 11) is 0. The van der Waals surface area contributed by atoms with Gasteiger partial charge in [-0.3, -0.25) is 14.4 Å². The van der Waals surface area contributed by atoms with Crippen LogP contribution in [0.2, 0.25) is 0 Å². The first-order chi connectivity index (χ1) is 27.0. The van der Waals surface area contributed by atoms with Gasteiger partial charge < -0.3 is 14.2 Å². The van der Waals surface area contributed by atoms with Gasteiger partial charge in [0.25, 0.3) is 0 Å². The molecule has 1 unspecified atom stereocenters. The van der Waals surface area contributed by atoms with Crippen molar-refractivity contribution in [3.05, 3.63) is 48.6 Å². The van der Waals surface area contributed by atoms with Crippen molar-refractivity contribution < 1.29 is 28.6 Å². The molecule has 0 N–H and O–H groups in total. The molecular weight excluding hydrogens is 685 g/mol. The predicted molar refractivity (Wildman–Crippen MR) is 233 cm³/mol. The van der Waals surface area contributed by atoms with Crippen LogP contribution in [0.3, 0.4) is 0 Å². The van der Waals surface area contributed by atoms with Gasteiger partial charge in [-0.05, 0) is 70.6 Å². The Morgan fingerprint density at radius 2 is 0.727 bits per heavy atom. The summed E-state index contributed by atoms with van der Waals surface area (Å²) in [6.45, 7) is 6.45. The highest BCUT2D eigenvalue weighted by Crippen LogP contribution is 2.14. The van der Waals surface area contributed by atoms with Gasteiger partial charge in [0.15, 0.2) is 6.10 Å². The topological polar surface area (TPSA) is 78.9 Å². The summed E-state index contributed by atoms with van der Waals surface area (Å²) in [6.07, 6.45) is 50.9. The SMILES string of the molecule is CC/C=C\C/C=C\C/C=C\CCCCCCCCC(=O)OCC(COC(=O)CCCCCCCCCCCC)OC(=O)CCCCCCC/C=C\CCCC. The molecule has 0 aliphatic rings. The van der Waals surface area contributed by atoms with Crippen LogP contribution in [0.4, 0.5) is 0 Å². The molecule has 0 saturated carbocycles. The molecule has 6 nitrogen and oxygen atoms in total. The van der Waals surface area contributed by atoms with Gasteiger partial charge in [0.05, 0.1) is 0 Å². The zero-order chi connectivity index (χ0) is 40.1. The average Bonchev–Trinajstić information content (AvgIpc) is 3.18. The Bertz CT molecular complexity index is 980. The Morgan fingerprint density at radius 1 is 0.382 bits per heavy atom. The van der Waals surface area contributed by atoms with Crippen molar-refractivity contribution in [2.75, 3.05) is 13.2 Å². The number of carbonyl (C=O) groups excluding carboxylic acids is 3. The van der Waals surface area contributed by atoms with E-state index in [1.807, 2.05) is 0 Å². The lowest BCUT2D eigenvalue weighted by atomic mass is 10.1. The maximum Gasteiger partial charge on any atom is 0.306 e. The highest BCUT2D eigenvalue weighted by atomic mass is 16.6. The van der Waals surface area contributed by atoms with Crippen LogP contribution in [0.5, 0.6) is 0 Å². The number of hydrogen-bond acceptors (Lipinski definition) is 6. The summed E-state index contributed by atoms with van der Waals surface area (Å²) in [5, 5.41) is 0. The van der Waals surface area contributed by atoms with E-state index < -0.39 is 6.10 Å². The van der Waals surface area contributed by atoms with Crippen molar-refractivity contribution in [3.8, 4) is 0 Å². The average molecular weight is 771 g/mol. The summed E-state index contributed by atoms with van der Waals surface area (Å²) >= 11 is 0. The molecule has 0 rings (SSSR count). The fourth-order valence-electron chi connectivity index (χ4n) is 6.32. The molecule has 0 heterocycles. The molecule has 0 radical (unpaired) electrons. The van der Waals surface area contributed by atoms with E-state index in [2.05, 4.69) is 69.4 Å². The van der Waals surface area contributed by atoms with Crippen molar-refractivity contribution in [1.82, 2.24) is 0 Å². The standard InChI is InChI=1S/C49H86O6/c1-4-7-10-13-16-19-22-23-24-25-26-28-30-33-36-39-42-48(51)54-45-46(44-53-47(50)41-38-35-32-29-21-18-15-12-9-6-3)55-49(52)43-40-37-34-31-27-20-17-14-11-8-5-2/h7,10,14,16-17,19,23-24,46H,4-6,8-9,11-13,15,18,20-22,25-45H2,1-3H3/b10-7-,17-14-,19-16-,24-23-. The van der Waals surface area contributed by atoms with Crippen LogP contribution in [-0.4, -0.2) is 37.2 Å². The highest BCUT2D eigenvalue weighted by Gasteiger charge is 2.19. The van der Waals surface area contributed by atoms with Gasteiger partial charge in [0.2, 0.25) is 0 Å². The van der Waals surface area contributed by atoms with Crippen LogP contribution in [0.1, 0.15) is 226 Å². The lowest BCUT2D eigenvalue weighted by Gasteiger charge is -2.18. The van der Waals surface area contributed by atoms with Gasteiger partial charge in [0.1, 0.15) is 13.2 Å². The normalized spacial score (nSPS) is 12.4. The Hall–Kier alpha value is -2.63. The number of unbranched alkanes of at least 4 members (excludes halogenated alkanes) is 22. The fourth-order valence-corrected chi connectivity index (χ4v) is 6.32. The van der Waals surface area contributed by atoms with Gasteiger partial charge in [-0.1, -0.05) is 185 Å². The predicted octanol–water partition coefficient (Wildman–Crippen LogP) is 14.8. The third-order valence-electron chi connectivity index (χ3n) is 9.82.